The van der Waals surface area contributed by atoms with E-state index < -0.39 is 11.5 Å². The van der Waals surface area contributed by atoms with Gasteiger partial charge in [0.25, 0.3) is 0 Å². The van der Waals surface area contributed by atoms with Crippen LogP contribution >= 0.6 is 0 Å². The number of hydrogen-bond acceptors (Lipinski definition) is 4. The van der Waals surface area contributed by atoms with Crippen molar-refractivity contribution in [3.8, 4) is 5.75 Å². The molecule has 2 heterocycles. The van der Waals surface area contributed by atoms with Crippen molar-refractivity contribution in [2.75, 3.05) is 12.4 Å². The smallest absolute Gasteiger partial charge is 0.247 e. The molecule has 5 rings (SSSR count). The van der Waals surface area contributed by atoms with Crippen LogP contribution in [0, 0.1) is 0 Å². The lowest BCUT2D eigenvalue weighted by molar-refractivity contribution is -0.143. The number of likely N-dealkylation sites (tertiary alicyclic amines) is 1. The van der Waals surface area contributed by atoms with E-state index in [2.05, 4.69) is 15.5 Å². The van der Waals surface area contributed by atoms with E-state index in [1.165, 1.54) is 0 Å². The van der Waals surface area contributed by atoms with Crippen LogP contribution in [0.15, 0.2) is 48.7 Å². The predicted octanol–water partition coefficient (Wildman–Crippen LogP) is 4.40. The third-order valence-electron chi connectivity index (χ3n) is 7.29. The summed E-state index contributed by atoms with van der Waals surface area (Å²) >= 11 is 0. The molecular weight excluding hydrogens is 416 g/mol. The largest absolute Gasteiger partial charge is 0.497 e. The van der Waals surface area contributed by atoms with Crippen molar-refractivity contribution in [2.24, 2.45) is 0 Å². The molecule has 0 spiro atoms. The second-order valence-corrected chi connectivity index (χ2v) is 9.10. The summed E-state index contributed by atoms with van der Waals surface area (Å²) < 4.78 is 13.4. The van der Waals surface area contributed by atoms with Gasteiger partial charge in [-0.1, -0.05) is 31.0 Å². The number of anilines is 1. The molecule has 2 aliphatic rings. The van der Waals surface area contributed by atoms with Crippen molar-refractivity contribution in [1.29, 1.82) is 0 Å². The number of nitrogens with one attached hydrogen (secondary N) is 2. The van der Waals surface area contributed by atoms with Crippen molar-refractivity contribution in [3.63, 3.8) is 0 Å². The maximum Gasteiger partial charge on any atom is 0.247 e. The van der Waals surface area contributed by atoms with Gasteiger partial charge < -0.3 is 15.0 Å². The molecule has 1 saturated heterocycles. The molecular formula is C26H30N4O3. The Balaban J connectivity index is 1.45. The highest BCUT2D eigenvalue weighted by molar-refractivity contribution is 6.04. The summed E-state index contributed by atoms with van der Waals surface area (Å²) in [6.45, 7) is 0.0888. The summed E-state index contributed by atoms with van der Waals surface area (Å²) in [5.41, 5.74) is 1.82. The molecule has 1 saturated carbocycles. The van der Waals surface area contributed by atoms with Crippen LogP contribution in [0.1, 0.15) is 52.4 Å². The summed E-state index contributed by atoms with van der Waals surface area (Å²) in [5, 5.41) is 10.8. The SMILES string of the molecule is [2H]CC1CC[C@@H](C(=O)Nc2cccc3[nH]ncc23)N1C(=O)C1(c2ccc(OC)cc2)CCCC1. The van der Waals surface area contributed by atoms with Gasteiger partial charge in [-0.25, -0.2) is 0 Å². The number of benzene rings is 2. The number of aromatic nitrogens is 2. The fraction of sp³-hybridized carbons (Fsp3) is 0.423. The van der Waals surface area contributed by atoms with Gasteiger partial charge in [-0.2, -0.15) is 5.10 Å². The highest BCUT2D eigenvalue weighted by atomic mass is 16.5. The lowest BCUT2D eigenvalue weighted by Gasteiger charge is -2.37. The third-order valence-corrected chi connectivity index (χ3v) is 7.29. The van der Waals surface area contributed by atoms with E-state index in [0.717, 1.165) is 47.9 Å². The number of fused-ring (bicyclic) bond motifs is 1. The van der Waals surface area contributed by atoms with Crippen molar-refractivity contribution < 1.29 is 15.7 Å². The molecule has 7 heteroatoms. The summed E-state index contributed by atoms with van der Waals surface area (Å²) in [7, 11) is 1.63. The van der Waals surface area contributed by atoms with Crippen molar-refractivity contribution in [2.45, 2.75) is 62.9 Å². The van der Waals surface area contributed by atoms with Gasteiger partial charge in [-0.15, -0.1) is 0 Å². The van der Waals surface area contributed by atoms with Crippen LogP contribution in [0.25, 0.3) is 10.9 Å². The third kappa shape index (κ3) is 3.65. The standard InChI is InChI=1S/C26H30N4O3/c1-17-8-13-23(24(31)28-21-6-5-7-22-20(21)16-27-29-22)30(17)25(32)26(14-3-4-15-26)18-9-11-19(33-2)12-10-18/h5-7,9-12,16-17,23H,3-4,8,13-15H2,1-2H3,(H,27,29)(H,28,31)/t17?,23-/m0/s1/i1D. The number of carbonyl (C=O) groups is 2. The van der Waals surface area contributed by atoms with Gasteiger partial charge in [0, 0.05) is 12.8 Å². The van der Waals surface area contributed by atoms with Gasteiger partial charge in [0.1, 0.15) is 11.8 Å². The molecule has 2 amide bonds. The van der Waals surface area contributed by atoms with E-state index in [1.54, 1.807) is 18.2 Å². The average Bonchev–Trinajstić information content (AvgIpc) is 3.63. The minimum Gasteiger partial charge on any atom is -0.497 e. The van der Waals surface area contributed by atoms with Gasteiger partial charge in [0.05, 0.1) is 29.9 Å². The molecule has 2 aromatic carbocycles. The molecule has 3 aromatic rings. The number of hydrogen-bond donors (Lipinski definition) is 2. The van der Waals surface area contributed by atoms with Gasteiger partial charge in [0.15, 0.2) is 0 Å². The molecule has 0 bridgehead atoms. The summed E-state index contributed by atoms with van der Waals surface area (Å²) in [6, 6.07) is 12.5. The first-order valence-electron chi connectivity index (χ1n) is 12.3. The summed E-state index contributed by atoms with van der Waals surface area (Å²) in [4.78, 5) is 29.5. The van der Waals surface area contributed by atoms with Gasteiger partial charge >= 0.3 is 0 Å². The Kier molecular flexibility index (Phi) is 5.24. The Morgan fingerprint density at radius 2 is 1.97 bits per heavy atom. The topological polar surface area (TPSA) is 87.3 Å². The van der Waals surface area contributed by atoms with E-state index in [4.69, 9.17) is 6.11 Å². The van der Waals surface area contributed by atoms with Crippen molar-refractivity contribution in [1.82, 2.24) is 15.1 Å². The second-order valence-electron chi connectivity index (χ2n) is 9.10. The molecule has 1 unspecified atom stereocenters. The number of ether oxygens (including phenoxy) is 1. The van der Waals surface area contributed by atoms with Crippen LogP contribution in [-0.2, 0) is 15.0 Å². The minimum absolute atomic E-state index is 0.0217. The lowest BCUT2D eigenvalue weighted by Crippen LogP contribution is -2.53. The number of methoxy groups -OCH3 is 1. The zero-order chi connectivity index (χ0) is 23.7. The van der Waals surface area contributed by atoms with Crippen LogP contribution in [0.3, 0.4) is 0 Å². The Morgan fingerprint density at radius 1 is 1.18 bits per heavy atom. The van der Waals surface area contributed by atoms with E-state index in [0.29, 0.717) is 18.5 Å². The Bertz CT molecular complexity index is 1190. The zero-order valence-corrected chi connectivity index (χ0v) is 18.8. The number of rotatable bonds is 5. The molecule has 2 atom stereocenters. The Morgan fingerprint density at radius 3 is 2.70 bits per heavy atom. The molecule has 2 fully saturated rings. The monoisotopic (exact) mass is 447 g/mol. The van der Waals surface area contributed by atoms with Gasteiger partial charge in [0.2, 0.25) is 11.8 Å². The van der Waals surface area contributed by atoms with Crippen molar-refractivity contribution in [3.05, 3.63) is 54.2 Å². The number of H-pyrrole nitrogens is 1. The number of amides is 2. The summed E-state index contributed by atoms with van der Waals surface area (Å²) in [6.07, 6.45) is 6.34. The number of nitrogens with zero attached hydrogens (tertiary/aromatic N) is 2. The first kappa shape index (κ1) is 20.3. The maximum atomic E-state index is 14.2. The highest BCUT2D eigenvalue weighted by Crippen LogP contribution is 2.45. The normalized spacial score (nSPS) is 22.3. The van der Waals surface area contributed by atoms with E-state index >= 15 is 0 Å². The van der Waals surface area contributed by atoms with Crippen LogP contribution < -0.4 is 10.1 Å². The summed E-state index contributed by atoms with van der Waals surface area (Å²) in [5.74, 6) is 0.521. The molecule has 1 aromatic heterocycles. The number of carbonyl (C=O) groups excluding carboxylic acids is 2. The van der Waals surface area contributed by atoms with E-state index in [9.17, 15) is 9.59 Å². The fourth-order valence-corrected chi connectivity index (χ4v) is 5.50. The second kappa shape index (κ2) is 8.54. The Labute approximate surface area is 194 Å². The lowest BCUT2D eigenvalue weighted by atomic mass is 9.77. The molecule has 1 aliphatic heterocycles. The predicted molar refractivity (Wildman–Crippen MR) is 127 cm³/mol. The first-order chi connectivity index (χ1) is 16.6. The number of aromatic amines is 1. The molecule has 172 valence electrons. The van der Waals surface area contributed by atoms with Crippen LogP contribution in [0.5, 0.6) is 5.75 Å². The van der Waals surface area contributed by atoms with Gasteiger partial charge in [-0.3, -0.25) is 14.7 Å². The molecule has 33 heavy (non-hydrogen) atoms. The quantitative estimate of drug-likeness (QED) is 0.607. The van der Waals surface area contributed by atoms with E-state index in [-0.39, 0.29) is 24.8 Å². The molecule has 0 radical (unpaired) electrons. The Hall–Kier alpha value is -3.35. The van der Waals surface area contributed by atoms with Crippen molar-refractivity contribution >= 4 is 28.4 Å². The highest BCUT2D eigenvalue weighted by Gasteiger charge is 2.50. The molecule has 7 nitrogen and oxygen atoms in total. The van der Waals surface area contributed by atoms with Crippen LogP contribution in [-0.4, -0.2) is 46.1 Å². The zero-order valence-electron chi connectivity index (χ0n) is 19.8. The molecule has 1 aliphatic carbocycles. The van der Waals surface area contributed by atoms with E-state index in [1.807, 2.05) is 42.5 Å². The average molecular weight is 448 g/mol. The fourth-order valence-electron chi connectivity index (χ4n) is 5.50. The molecule has 2 N–H and O–H groups in total. The first-order valence-corrected chi connectivity index (χ1v) is 11.6. The minimum atomic E-state index is -0.660. The van der Waals surface area contributed by atoms with Gasteiger partial charge in [-0.05, 0) is 62.4 Å². The van der Waals surface area contributed by atoms with Crippen LogP contribution in [0.2, 0.25) is 0 Å². The maximum absolute atomic E-state index is 14.2. The van der Waals surface area contributed by atoms with Crippen LogP contribution in [0.4, 0.5) is 5.69 Å².